The number of rotatable bonds is 7. The Morgan fingerprint density at radius 2 is 1.73 bits per heavy atom. The molecule has 52 heavy (non-hydrogen) atoms. The molecule has 2 amide bonds. The summed E-state index contributed by atoms with van der Waals surface area (Å²) >= 11 is 0. The Morgan fingerprint density at radius 1 is 0.904 bits per heavy atom. The summed E-state index contributed by atoms with van der Waals surface area (Å²) in [5, 5.41) is 5.58. The summed E-state index contributed by atoms with van der Waals surface area (Å²) < 4.78 is 57.2. The largest absolute Gasteiger partial charge is 0.451 e. The zero-order valence-corrected chi connectivity index (χ0v) is 28.5. The second kappa shape index (κ2) is 15.2. The number of ether oxygens (including phenoxy) is 2. The highest BCUT2D eigenvalue weighted by Crippen LogP contribution is 2.32. The lowest BCUT2D eigenvalue weighted by Crippen LogP contribution is -2.47. The van der Waals surface area contributed by atoms with Gasteiger partial charge in [0.05, 0.1) is 47.9 Å². The molecule has 7 rings (SSSR count). The van der Waals surface area contributed by atoms with Crippen molar-refractivity contribution in [3.05, 3.63) is 82.7 Å². The third-order valence-electron chi connectivity index (χ3n) is 10.1. The number of aromatic nitrogens is 2. The van der Waals surface area contributed by atoms with Gasteiger partial charge in [-0.15, -0.1) is 0 Å². The molecule has 0 radical (unpaired) electrons. The van der Waals surface area contributed by atoms with Crippen LogP contribution in [-0.4, -0.2) is 77.7 Å². The minimum Gasteiger partial charge on any atom is -0.451 e. The van der Waals surface area contributed by atoms with E-state index in [-0.39, 0.29) is 46.6 Å². The molecule has 2 atom stereocenters. The summed E-state index contributed by atoms with van der Waals surface area (Å²) in [6, 6.07) is 10.9. The van der Waals surface area contributed by atoms with Crippen LogP contribution in [0.4, 0.5) is 30.2 Å². The number of carbonyl (C=O) groups excluding carboxylic acids is 2. The fourth-order valence-electron chi connectivity index (χ4n) is 7.27. The maximum atomic E-state index is 15.3. The maximum Gasteiger partial charge on any atom is 0.261 e. The van der Waals surface area contributed by atoms with E-state index in [1.807, 2.05) is 4.90 Å². The number of nitrogens with two attached hydrogens (primary N) is 1. The van der Waals surface area contributed by atoms with E-state index in [1.165, 1.54) is 24.5 Å². The summed E-state index contributed by atoms with van der Waals surface area (Å²) in [6.07, 6.45) is 5.29. The molecule has 4 heterocycles. The first-order valence-corrected chi connectivity index (χ1v) is 17.5. The lowest BCUT2D eigenvalue weighted by atomic mass is 10.0. The number of hydrogen-bond donors (Lipinski definition) is 3. The van der Waals surface area contributed by atoms with Crippen LogP contribution in [0.3, 0.4) is 0 Å². The Morgan fingerprint density at radius 3 is 2.52 bits per heavy atom. The number of amides is 2. The number of anilines is 3. The van der Waals surface area contributed by atoms with Gasteiger partial charge in [-0.3, -0.25) is 29.2 Å². The monoisotopic (exact) mass is 719 g/mol. The quantitative estimate of drug-likeness (QED) is 0.181. The van der Waals surface area contributed by atoms with Gasteiger partial charge in [-0.25, -0.2) is 18.2 Å². The molecule has 4 N–H and O–H groups in total. The topological polar surface area (TPSA) is 144 Å². The maximum absolute atomic E-state index is 15.3. The van der Waals surface area contributed by atoms with Crippen LogP contribution in [0.1, 0.15) is 44.6 Å². The van der Waals surface area contributed by atoms with Crippen molar-refractivity contribution in [2.24, 2.45) is 0 Å². The van der Waals surface area contributed by atoms with Gasteiger partial charge in [0, 0.05) is 37.8 Å². The number of fused-ring (bicyclic) bond motifs is 1. The van der Waals surface area contributed by atoms with Gasteiger partial charge in [-0.2, -0.15) is 0 Å². The molecule has 274 valence electrons. The predicted molar refractivity (Wildman–Crippen MR) is 189 cm³/mol. The molecule has 0 bridgehead atoms. The van der Waals surface area contributed by atoms with E-state index in [0.717, 1.165) is 44.5 Å². The molecule has 4 aromatic rings. The fourth-order valence-corrected chi connectivity index (χ4v) is 7.27. The molecule has 1 aromatic heterocycles. The summed E-state index contributed by atoms with van der Waals surface area (Å²) in [4.78, 5) is 46.2. The van der Waals surface area contributed by atoms with Crippen LogP contribution in [0, 0.1) is 17.5 Å². The van der Waals surface area contributed by atoms with Crippen LogP contribution in [0.15, 0.2) is 59.7 Å². The van der Waals surface area contributed by atoms with E-state index in [0.29, 0.717) is 62.1 Å². The summed E-state index contributed by atoms with van der Waals surface area (Å²) in [6.45, 7) is 3.71. The van der Waals surface area contributed by atoms with Crippen LogP contribution in [0.5, 0.6) is 11.5 Å². The molecule has 3 aromatic carbocycles. The molecule has 0 saturated carbocycles. The number of nitrogen functional groups attached to an aromatic ring is 1. The van der Waals surface area contributed by atoms with Crippen LogP contribution in [0.2, 0.25) is 0 Å². The fraction of sp³-hybridized carbons (Fsp3) is 0.405. The Kier molecular flexibility index (Phi) is 10.3. The van der Waals surface area contributed by atoms with Gasteiger partial charge in [0.25, 0.3) is 5.56 Å². The predicted octanol–water partition coefficient (Wildman–Crippen LogP) is 4.73. The number of nitrogens with zero attached hydrogens (tertiary/aromatic N) is 4. The number of imide groups is 1. The molecule has 2 unspecified atom stereocenters. The van der Waals surface area contributed by atoms with Crippen LogP contribution in [-0.2, 0) is 14.3 Å². The number of benzene rings is 3. The van der Waals surface area contributed by atoms with Gasteiger partial charge in [0.15, 0.2) is 11.6 Å². The third-order valence-corrected chi connectivity index (χ3v) is 10.1. The average Bonchev–Trinajstić information content (AvgIpc) is 3.26. The Hall–Kier alpha value is -5.15. The Labute approximate surface area is 297 Å². The van der Waals surface area contributed by atoms with Crippen molar-refractivity contribution in [2.45, 2.75) is 56.7 Å². The van der Waals surface area contributed by atoms with Crippen molar-refractivity contribution in [3.8, 4) is 11.5 Å². The van der Waals surface area contributed by atoms with Gasteiger partial charge >= 0.3 is 0 Å². The summed E-state index contributed by atoms with van der Waals surface area (Å²) in [5.74, 6) is -3.59. The molecule has 15 heteroatoms. The van der Waals surface area contributed by atoms with E-state index in [4.69, 9.17) is 15.2 Å². The zero-order valence-electron chi connectivity index (χ0n) is 28.5. The van der Waals surface area contributed by atoms with Crippen LogP contribution >= 0.6 is 0 Å². The molecule has 3 aliphatic heterocycles. The van der Waals surface area contributed by atoms with E-state index in [2.05, 4.69) is 20.5 Å². The minimum atomic E-state index is -1.02. The second-order valence-corrected chi connectivity index (χ2v) is 13.5. The summed E-state index contributed by atoms with van der Waals surface area (Å²) in [7, 11) is 0. The van der Waals surface area contributed by atoms with Crippen molar-refractivity contribution in [1.82, 2.24) is 19.8 Å². The normalized spacial score (nSPS) is 20.9. The molecular weight excluding hydrogens is 679 g/mol. The highest BCUT2D eigenvalue weighted by molar-refractivity contribution is 6.01. The highest BCUT2D eigenvalue weighted by Gasteiger charge is 2.29. The third kappa shape index (κ3) is 7.55. The summed E-state index contributed by atoms with van der Waals surface area (Å²) in [5.41, 5.74) is 6.43. The van der Waals surface area contributed by atoms with Crippen LogP contribution < -0.4 is 31.6 Å². The minimum absolute atomic E-state index is 0.0708. The van der Waals surface area contributed by atoms with Crippen molar-refractivity contribution in [2.75, 3.05) is 55.3 Å². The van der Waals surface area contributed by atoms with E-state index < -0.39 is 29.3 Å². The Bertz CT molecular complexity index is 2040. The van der Waals surface area contributed by atoms with Crippen LogP contribution in [0.25, 0.3) is 10.9 Å². The van der Waals surface area contributed by atoms with E-state index >= 15 is 4.39 Å². The van der Waals surface area contributed by atoms with Crippen molar-refractivity contribution < 1.29 is 32.2 Å². The first-order valence-electron chi connectivity index (χ1n) is 17.5. The standard InChI is InChI=1S/C37H40F3N7O5/c38-27-5-6-29(41)34(40)35(27)52-25-4-7-30-26(19-25)37(50)47(21-42-30)24-2-1-13-45(16-17-51-20-24)23-11-14-46(15-12-23)32-9-3-22(18-28(32)39)43-31-8-10-33(48)44-36(31)49/h3-7,9,18-19,21,23-24,31,43H,1-2,8,10-17,20,41H2,(H,44,48,49). The number of nitrogens with one attached hydrogen (secondary N) is 2. The highest BCUT2D eigenvalue weighted by atomic mass is 19.1. The number of piperidine rings is 2. The first kappa shape index (κ1) is 35.3. The molecular formula is C37H40F3N7O5. The van der Waals surface area contributed by atoms with Gasteiger partial charge in [0.2, 0.25) is 17.6 Å². The zero-order chi connectivity index (χ0) is 36.4. The smallest absolute Gasteiger partial charge is 0.261 e. The van der Waals surface area contributed by atoms with Gasteiger partial charge < -0.3 is 25.4 Å². The SMILES string of the molecule is Nc1ccc(F)c(Oc2ccc3ncn(C4CCCN(C5CCN(c6ccc(NC7CCC(=O)NC7=O)cc6F)CC5)CCOC4)c(=O)c3c2)c1F. The van der Waals surface area contributed by atoms with E-state index in [9.17, 15) is 23.2 Å². The van der Waals surface area contributed by atoms with Gasteiger partial charge in [-0.05, 0) is 87.2 Å². The second-order valence-electron chi connectivity index (χ2n) is 13.5. The first-order chi connectivity index (χ1) is 25.1. The number of carbonyl (C=O) groups is 2. The lowest BCUT2D eigenvalue weighted by Gasteiger charge is -2.39. The molecule has 12 nitrogen and oxygen atoms in total. The average molecular weight is 720 g/mol. The molecule has 3 saturated heterocycles. The van der Waals surface area contributed by atoms with Crippen molar-refractivity contribution in [3.63, 3.8) is 0 Å². The lowest BCUT2D eigenvalue weighted by molar-refractivity contribution is -0.133. The molecule has 3 fully saturated rings. The molecule has 3 aliphatic rings. The van der Waals surface area contributed by atoms with Gasteiger partial charge in [-0.1, -0.05) is 0 Å². The Balaban J connectivity index is 0.956. The number of halogens is 3. The van der Waals surface area contributed by atoms with Crippen molar-refractivity contribution in [1.29, 1.82) is 0 Å². The number of hydrogen-bond acceptors (Lipinski definition) is 10. The van der Waals surface area contributed by atoms with Crippen molar-refractivity contribution >= 4 is 39.8 Å². The van der Waals surface area contributed by atoms with E-state index in [1.54, 1.807) is 22.8 Å². The molecule has 0 spiro atoms. The molecule has 0 aliphatic carbocycles. The van der Waals surface area contributed by atoms with Gasteiger partial charge in [0.1, 0.15) is 17.6 Å².